The highest BCUT2D eigenvalue weighted by Crippen LogP contribution is 2.22. The molecule has 2 aliphatic rings. The lowest BCUT2D eigenvalue weighted by Gasteiger charge is -2.38. The van der Waals surface area contributed by atoms with E-state index in [9.17, 15) is 4.79 Å². The standard InChI is InChI=1S/C21H28N6O.2ClH/c28-21(27-14-12-26(13-15-27)20-5-1-2-8-24-20)6-10-25-11-9-23-17-19(25)18-4-3-7-22-16-18;;/h1-5,7-8,16,19,23H,6,9-15,17H2;2*1H. The van der Waals surface area contributed by atoms with Gasteiger partial charge < -0.3 is 15.1 Å². The molecule has 1 unspecified atom stereocenters. The Kier molecular flexibility index (Phi) is 9.78. The lowest BCUT2D eigenvalue weighted by atomic mass is 10.0. The van der Waals surface area contributed by atoms with Crippen LogP contribution < -0.4 is 10.2 Å². The van der Waals surface area contributed by atoms with E-state index in [1.54, 1.807) is 6.20 Å². The predicted octanol–water partition coefficient (Wildman–Crippen LogP) is 2.01. The van der Waals surface area contributed by atoms with Gasteiger partial charge >= 0.3 is 0 Å². The molecule has 0 aromatic carbocycles. The van der Waals surface area contributed by atoms with Crippen LogP contribution in [0.2, 0.25) is 0 Å². The van der Waals surface area contributed by atoms with Crippen molar-refractivity contribution in [2.45, 2.75) is 12.5 Å². The molecule has 0 aliphatic carbocycles. The molecule has 2 saturated heterocycles. The zero-order valence-electron chi connectivity index (χ0n) is 17.0. The third-order valence-corrected chi connectivity index (χ3v) is 5.64. The first-order valence-corrected chi connectivity index (χ1v) is 10.1. The first kappa shape index (κ1) is 24.3. The number of nitrogens with one attached hydrogen (secondary N) is 1. The predicted molar refractivity (Wildman–Crippen MR) is 124 cm³/mol. The quantitative estimate of drug-likeness (QED) is 0.748. The van der Waals surface area contributed by atoms with Crippen LogP contribution >= 0.6 is 24.8 Å². The van der Waals surface area contributed by atoms with Crippen molar-refractivity contribution in [1.29, 1.82) is 0 Å². The largest absolute Gasteiger partial charge is 0.353 e. The van der Waals surface area contributed by atoms with Gasteiger partial charge in [0.25, 0.3) is 0 Å². The van der Waals surface area contributed by atoms with Crippen LogP contribution in [-0.4, -0.2) is 78.0 Å². The molecule has 0 saturated carbocycles. The van der Waals surface area contributed by atoms with Crippen molar-refractivity contribution < 1.29 is 4.79 Å². The van der Waals surface area contributed by atoms with Crippen molar-refractivity contribution in [2.24, 2.45) is 0 Å². The van der Waals surface area contributed by atoms with Gasteiger partial charge in [-0.2, -0.15) is 0 Å². The maximum Gasteiger partial charge on any atom is 0.223 e. The topological polar surface area (TPSA) is 64.6 Å². The number of hydrogen-bond acceptors (Lipinski definition) is 6. The number of pyridine rings is 2. The fourth-order valence-corrected chi connectivity index (χ4v) is 4.04. The Morgan fingerprint density at radius 3 is 2.57 bits per heavy atom. The monoisotopic (exact) mass is 452 g/mol. The summed E-state index contributed by atoms with van der Waals surface area (Å²) in [6.07, 6.45) is 6.13. The number of nitrogens with zero attached hydrogens (tertiary/aromatic N) is 5. The Morgan fingerprint density at radius 2 is 1.87 bits per heavy atom. The minimum Gasteiger partial charge on any atom is -0.353 e. The summed E-state index contributed by atoms with van der Waals surface area (Å²) in [5.74, 6) is 1.25. The molecule has 1 amide bonds. The summed E-state index contributed by atoms with van der Waals surface area (Å²) in [7, 11) is 0. The van der Waals surface area contributed by atoms with E-state index in [0.29, 0.717) is 6.42 Å². The first-order chi connectivity index (χ1) is 13.8. The van der Waals surface area contributed by atoms with Crippen LogP contribution in [0.3, 0.4) is 0 Å². The SMILES string of the molecule is Cl.Cl.O=C(CCN1CCNCC1c1cccnc1)N1CCN(c2ccccn2)CC1. The summed E-state index contributed by atoms with van der Waals surface area (Å²) in [5, 5.41) is 3.46. The molecule has 164 valence electrons. The van der Waals surface area contributed by atoms with Gasteiger partial charge in [-0.3, -0.25) is 14.7 Å². The van der Waals surface area contributed by atoms with Crippen molar-refractivity contribution >= 4 is 36.5 Å². The molecule has 2 aromatic rings. The average Bonchev–Trinajstić information content (AvgIpc) is 2.79. The molecule has 4 rings (SSSR count). The molecule has 7 nitrogen and oxygen atoms in total. The molecule has 0 spiro atoms. The van der Waals surface area contributed by atoms with E-state index in [1.165, 1.54) is 5.56 Å². The average molecular weight is 453 g/mol. The van der Waals surface area contributed by atoms with Gasteiger partial charge in [-0.25, -0.2) is 4.98 Å². The Labute approximate surface area is 190 Å². The van der Waals surface area contributed by atoms with E-state index >= 15 is 0 Å². The number of rotatable bonds is 5. The lowest BCUT2D eigenvalue weighted by molar-refractivity contribution is -0.132. The summed E-state index contributed by atoms with van der Waals surface area (Å²) in [4.78, 5) is 28.1. The molecule has 2 fully saturated rings. The van der Waals surface area contributed by atoms with Crippen LogP contribution in [0.5, 0.6) is 0 Å². The van der Waals surface area contributed by atoms with E-state index in [-0.39, 0.29) is 36.8 Å². The van der Waals surface area contributed by atoms with E-state index in [1.807, 2.05) is 41.6 Å². The highest BCUT2D eigenvalue weighted by Gasteiger charge is 2.26. The molecule has 1 atom stereocenters. The summed E-state index contributed by atoms with van der Waals surface area (Å²) in [6, 6.07) is 10.4. The maximum atomic E-state index is 12.8. The van der Waals surface area contributed by atoms with E-state index < -0.39 is 0 Å². The maximum absolute atomic E-state index is 12.8. The summed E-state index contributed by atoms with van der Waals surface area (Å²) in [5.41, 5.74) is 1.21. The molecular weight excluding hydrogens is 423 g/mol. The summed E-state index contributed by atoms with van der Waals surface area (Å²) >= 11 is 0. The van der Waals surface area contributed by atoms with Gasteiger partial charge in [-0.05, 0) is 23.8 Å². The molecule has 2 aromatic heterocycles. The van der Waals surface area contributed by atoms with Crippen LogP contribution in [0.15, 0.2) is 48.9 Å². The normalized spacial score (nSPS) is 19.5. The fourth-order valence-electron chi connectivity index (χ4n) is 4.04. The van der Waals surface area contributed by atoms with Gasteiger partial charge in [-0.1, -0.05) is 12.1 Å². The van der Waals surface area contributed by atoms with Crippen molar-refractivity contribution in [1.82, 2.24) is 25.1 Å². The van der Waals surface area contributed by atoms with Gasteiger partial charge in [0.05, 0.1) is 0 Å². The minimum absolute atomic E-state index is 0. The number of aromatic nitrogens is 2. The van der Waals surface area contributed by atoms with Crippen LogP contribution in [0.1, 0.15) is 18.0 Å². The highest BCUT2D eigenvalue weighted by atomic mass is 35.5. The number of hydrogen-bond donors (Lipinski definition) is 1. The fraction of sp³-hybridized carbons (Fsp3) is 0.476. The molecule has 9 heteroatoms. The summed E-state index contributed by atoms with van der Waals surface area (Å²) < 4.78 is 0. The van der Waals surface area contributed by atoms with Crippen LogP contribution in [0.25, 0.3) is 0 Å². The van der Waals surface area contributed by atoms with Crippen molar-refractivity contribution in [3.05, 3.63) is 54.5 Å². The third kappa shape index (κ3) is 6.04. The van der Waals surface area contributed by atoms with E-state index in [4.69, 9.17) is 0 Å². The van der Waals surface area contributed by atoms with Gasteiger partial charge in [0.2, 0.25) is 5.91 Å². The minimum atomic E-state index is 0. The number of halogens is 2. The van der Waals surface area contributed by atoms with E-state index in [0.717, 1.165) is 58.2 Å². The Balaban J connectivity index is 0.00000160. The summed E-state index contributed by atoms with van der Waals surface area (Å²) in [6.45, 7) is 6.84. The van der Waals surface area contributed by atoms with Crippen LogP contribution in [0, 0.1) is 0 Å². The molecule has 0 bridgehead atoms. The molecule has 1 N–H and O–H groups in total. The number of carbonyl (C=O) groups excluding carboxylic acids is 1. The zero-order valence-corrected chi connectivity index (χ0v) is 18.7. The first-order valence-electron chi connectivity index (χ1n) is 10.1. The lowest BCUT2D eigenvalue weighted by Crippen LogP contribution is -2.50. The van der Waals surface area contributed by atoms with Crippen LogP contribution in [-0.2, 0) is 4.79 Å². The molecule has 2 aliphatic heterocycles. The molecule has 4 heterocycles. The van der Waals surface area contributed by atoms with Gasteiger partial charge in [0.15, 0.2) is 0 Å². The van der Waals surface area contributed by atoms with Gasteiger partial charge in [0.1, 0.15) is 5.82 Å². The molecule has 30 heavy (non-hydrogen) atoms. The third-order valence-electron chi connectivity index (χ3n) is 5.64. The Morgan fingerprint density at radius 1 is 1.03 bits per heavy atom. The number of piperazine rings is 2. The smallest absolute Gasteiger partial charge is 0.223 e. The number of amides is 1. The van der Waals surface area contributed by atoms with Crippen molar-refractivity contribution in [2.75, 3.05) is 57.3 Å². The van der Waals surface area contributed by atoms with Crippen molar-refractivity contribution in [3.8, 4) is 0 Å². The Bertz CT molecular complexity index is 759. The second kappa shape index (κ2) is 12.1. The van der Waals surface area contributed by atoms with E-state index in [2.05, 4.69) is 31.2 Å². The van der Waals surface area contributed by atoms with Crippen LogP contribution in [0.4, 0.5) is 5.82 Å². The number of carbonyl (C=O) groups is 1. The molecular formula is C21H30Cl2N6O. The second-order valence-electron chi connectivity index (χ2n) is 7.35. The van der Waals surface area contributed by atoms with Crippen molar-refractivity contribution in [3.63, 3.8) is 0 Å². The van der Waals surface area contributed by atoms with Gasteiger partial charge in [0, 0.05) is 83.4 Å². The second-order valence-corrected chi connectivity index (χ2v) is 7.35. The molecule has 0 radical (unpaired) electrons. The Hall–Kier alpha value is -1.93. The highest BCUT2D eigenvalue weighted by molar-refractivity contribution is 5.85. The zero-order chi connectivity index (χ0) is 19.2. The van der Waals surface area contributed by atoms with Gasteiger partial charge in [-0.15, -0.1) is 24.8 Å². The number of anilines is 1.